The molecule has 1 aliphatic heterocycles. The van der Waals surface area contributed by atoms with Gasteiger partial charge in [0.15, 0.2) is 0 Å². The number of carbonyl (C=O) groups excluding carboxylic acids is 1. The molecule has 0 unspecified atom stereocenters. The Hall–Kier alpha value is -2.69. The zero-order valence-corrected chi connectivity index (χ0v) is 11.8. The van der Waals surface area contributed by atoms with Gasteiger partial charge >= 0.3 is 6.61 Å². The van der Waals surface area contributed by atoms with Crippen LogP contribution in [0.25, 0.3) is 11.6 Å². The molecule has 1 heterocycles. The number of alkyl halides is 2. The van der Waals surface area contributed by atoms with E-state index in [4.69, 9.17) is 0 Å². The van der Waals surface area contributed by atoms with E-state index >= 15 is 0 Å². The summed E-state index contributed by atoms with van der Waals surface area (Å²) in [5.41, 5.74) is 3.05. The molecule has 0 atom stereocenters. The number of halogens is 2. The van der Waals surface area contributed by atoms with Gasteiger partial charge in [-0.05, 0) is 29.8 Å². The number of carbonyl (C=O) groups is 1. The average Bonchev–Trinajstić information content (AvgIpc) is 2.74. The number of anilines is 1. The van der Waals surface area contributed by atoms with Crippen molar-refractivity contribution in [1.82, 2.24) is 0 Å². The van der Waals surface area contributed by atoms with Gasteiger partial charge in [-0.3, -0.25) is 4.79 Å². The minimum absolute atomic E-state index is 0.0888. The fraction of sp³-hybridized carbons (Fsp3) is 0.118. The normalized spacial score (nSPS) is 15.5. The van der Waals surface area contributed by atoms with E-state index in [0.29, 0.717) is 5.57 Å². The molecule has 2 aromatic rings. The van der Waals surface area contributed by atoms with Gasteiger partial charge in [0.05, 0.1) is 5.69 Å². The number of hydrogen-bond acceptors (Lipinski definition) is 2. The van der Waals surface area contributed by atoms with Crippen molar-refractivity contribution < 1.29 is 18.3 Å². The highest BCUT2D eigenvalue weighted by Crippen LogP contribution is 2.36. The molecule has 0 fully saturated rings. The molecule has 2 aromatic carbocycles. The van der Waals surface area contributed by atoms with Crippen molar-refractivity contribution >= 4 is 23.2 Å². The summed E-state index contributed by atoms with van der Waals surface area (Å²) in [5, 5.41) is 0. The van der Waals surface area contributed by atoms with Crippen LogP contribution in [0.3, 0.4) is 0 Å². The molecule has 1 aliphatic rings. The Labute approximate surface area is 126 Å². The third kappa shape index (κ3) is 2.57. The molecule has 0 radical (unpaired) electrons. The van der Waals surface area contributed by atoms with Gasteiger partial charge in [-0.25, -0.2) is 0 Å². The second-order valence-electron chi connectivity index (χ2n) is 4.89. The van der Waals surface area contributed by atoms with Crippen LogP contribution in [-0.4, -0.2) is 19.6 Å². The summed E-state index contributed by atoms with van der Waals surface area (Å²) in [6.45, 7) is -2.85. The van der Waals surface area contributed by atoms with Crippen LogP contribution in [0.4, 0.5) is 14.5 Å². The summed E-state index contributed by atoms with van der Waals surface area (Å²) in [4.78, 5) is 13.9. The number of benzene rings is 2. The topological polar surface area (TPSA) is 29.5 Å². The summed E-state index contributed by atoms with van der Waals surface area (Å²) >= 11 is 0. The first-order valence-corrected chi connectivity index (χ1v) is 6.70. The van der Waals surface area contributed by atoms with Gasteiger partial charge in [0.2, 0.25) is 0 Å². The highest BCUT2D eigenvalue weighted by Gasteiger charge is 2.28. The fourth-order valence-electron chi connectivity index (χ4n) is 2.45. The highest BCUT2D eigenvalue weighted by atomic mass is 19.3. The molecule has 22 heavy (non-hydrogen) atoms. The Morgan fingerprint density at radius 3 is 2.45 bits per heavy atom. The molecule has 0 saturated heterocycles. The standard InChI is InChI=1S/C17H13F2NO2/c1-20-15-5-3-2-4-13(15)14(16(20)21)10-11-6-8-12(9-7-11)22-17(18)19/h2-10,17H,1H3. The van der Waals surface area contributed by atoms with E-state index in [1.165, 1.54) is 12.1 Å². The summed E-state index contributed by atoms with van der Waals surface area (Å²) in [7, 11) is 1.72. The summed E-state index contributed by atoms with van der Waals surface area (Å²) < 4.78 is 28.6. The van der Waals surface area contributed by atoms with Crippen molar-refractivity contribution in [3.8, 4) is 5.75 Å². The Morgan fingerprint density at radius 2 is 1.77 bits per heavy atom. The number of amides is 1. The first kappa shape index (κ1) is 14.3. The monoisotopic (exact) mass is 301 g/mol. The molecule has 0 saturated carbocycles. The molecule has 0 spiro atoms. The van der Waals surface area contributed by atoms with E-state index in [0.717, 1.165) is 16.8 Å². The van der Waals surface area contributed by atoms with Gasteiger partial charge in [-0.2, -0.15) is 8.78 Å². The molecule has 1 amide bonds. The molecule has 0 aliphatic carbocycles. The third-order valence-corrected chi connectivity index (χ3v) is 3.51. The Balaban J connectivity index is 1.94. The Kier molecular flexibility index (Phi) is 3.63. The van der Waals surface area contributed by atoms with Crippen LogP contribution < -0.4 is 9.64 Å². The Morgan fingerprint density at radius 1 is 1.09 bits per heavy atom. The number of likely N-dealkylation sites (N-methyl/N-ethyl adjacent to an activating group) is 1. The lowest BCUT2D eigenvalue weighted by atomic mass is 10.0. The van der Waals surface area contributed by atoms with Crippen LogP contribution in [0.1, 0.15) is 11.1 Å². The minimum atomic E-state index is -2.85. The van der Waals surface area contributed by atoms with Gasteiger partial charge in [0.1, 0.15) is 5.75 Å². The first-order valence-electron chi connectivity index (χ1n) is 6.70. The first-order chi connectivity index (χ1) is 10.6. The third-order valence-electron chi connectivity index (χ3n) is 3.51. The predicted molar refractivity (Wildman–Crippen MR) is 80.8 cm³/mol. The molecular formula is C17H13F2NO2. The van der Waals surface area contributed by atoms with E-state index in [-0.39, 0.29) is 11.7 Å². The maximum atomic E-state index is 12.3. The molecular weight excluding hydrogens is 288 g/mol. The number of nitrogens with zero attached hydrogens (tertiary/aromatic N) is 1. The lowest BCUT2D eigenvalue weighted by molar-refractivity contribution is -0.112. The van der Waals surface area contributed by atoms with E-state index in [1.807, 2.05) is 24.3 Å². The molecule has 3 rings (SSSR count). The maximum absolute atomic E-state index is 12.3. The fourth-order valence-corrected chi connectivity index (χ4v) is 2.45. The van der Waals surface area contributed by atoms with Crippen molar-refractivity contribution in [3.63, 3.8) is 0 Å². The molecule has 5 heteroatoms. The number of hydrogen-bond donors (Lipinski definition) is 0. The van der Waals surface area contributed by atoms with Crippen LogP contribution in [-0.2, 0) is 4.79 Å². The molecule has 0 N–H and O–H groups in total. The van der Waals surface area contributed by atoms with Crippen LogP contribution >= 0.6 is 0 Å². The second kappa shape index (κ2) is 5.60. The van der Waals surface area contributed by atoms with Crippen LogP contribution in [0.2, 0.25) is 0 Å². The smallest absolute Gasteiger partial charge is 0.387 e. The van der Waals surface area contributed by atoms with Gasteiger partial charge in [-0.1, -0.05) is 30.3 Å². The van der Waals surface area contributed by atoms with Crippen molar-refractivity contribution in [3.05, 3.63) is 59.7 Å². The van der Waals surface area contributed by atoms with Crippen molar-refractivity contribution in [1.29, 1.82) is 0 Å². The molecule has 0 aromatic heterocycles. The van der Waals surface area contributed by atoms with Crippen molar-refractivity contribution in [2.45, 2.75) is 6.61 Å². The molecule has 3 nitrogen and oxygen atoms in total. The maximum Gasteiger partial charge on any atom is 0.387 e. The molecule has 112 valence electrons. The van der Waals surface area contributed by atoms with Gasteiger partial charge in [-0.15, -0.1) is 0 Å². The molecule has 0 bridgehead atoms. The predicted octanol–water partition coefficient (Wildman–Crippen LogP) is 3.81. The van der Waals surface area contributed by atoms with Crippen LogP contribution in [0.15, 0.2) is 48.5 Å². The van der Waals surface area contributed by atoms with E-state index in [2.05, 4.69) is 4.74 Å². The largest absolute Gasteiger partial charge is 0.435 e. The van der Waals surface area contributed by atoms with Gasteiger partial charge in [0, 0.05) is 18.2 Å². The zero-order chi connectivity index (χ0) is 15.7. The number of rotatable bonds is 3. The van der Waals surface area contributed by atoms with E-state index < -0.39 is 6.61 Å². The van der Waals surface area contributed by atoms with E-state index in [1.54, 1.807) is 30.2 Å². The SMILES string of the molecule is CN1C(=O)C(=Cc2ccc(OC(F)F)cc2)c2ccccc21. The van der Waals surface area contributed by atoms with Gasteiger partial charge in [0.25, 0.3) is 5.91 Å². The second-order valence-corrected chi connectivity index (χ2v) is 4.89. The van der Waals surface area contributed by atoms with Gasteiger partial charge < -0.3 is 9.64 Å². The Bertz CT molecular complexity index is 739. The minimum Gasteiger partial charge on any atom is -0.435 e. The highest BCUT2D eigenvalue weighted by molar-refractivity contribution is 6.35. The van der Waals surface area contributed by atoms with Crippen molar-refractivity contribution in [2.75, 3.05) is 11.9 Å². The van der Waals surface area contributed by atoms with E-state index in [9.17, 15) is 13.6 Å². The summed E-state index contributed by atoms with van der Waals surface area (Å²) in [6.07, 6.45) is 1.75. The zero-order valence-electron chi connectivity index (χ0n) is 11.8. The number of ether oxygens (including phenoxy) is 1. The summed E-state index contributed by atoms with van der Waals surface area (Å²) in [6, 6.07) is 13.7. The average molecular weight is 301 g/mol. The van der Waals surface area contributed by atoms with Crippen molar-refractivity contribution in [2.24, 2.45) is 0 Å². The number of fused-ring (bicyclic) bond motifs is 1. The van der Waals surface area contributed by atoms with Crippen LogP contribution in [0, 0.1) is 0 Å². The number of para-hydroxylation sites is 1. The quantitative estimate of drug-likeness (QED) is 0.807. The summed E-state index contributed by atoms with van der Waals surface area (Å²) in [5.74, 6) is 0.00141. The lowest BCUT2D eigenvalue weighted by Crippen LogP contribution is -2.20. The van der Waals surface area contributed by atoms with Crippen LogP contribution in [0.5, 0.6) is 5.75 Å². The lowest BCUT2D eigenvalue weighted by Gasteiger charge is -2.08.